The van der Waals surface area contributed by atoms with Crippen LogP contribution in [-0.4, -0.2) is 32.6 Å². The van der Waals surface area contributed by atoms with Gasteiger partial charge in [0.1, 0.15) is 12.0 Å². The van der Waals surface area contributed by atoms with E-state index in [9.17, 15) is 4.79 Å². The molecule has 2 aromatic heterocycles. The maximum atomic E-state index is 12.4. The van der Waals surface area contributed by atoms with Gasteiger partial charge in [-0.2, -0.15) is 5.10 Å². The van der Waals surface area contributed by atoms with Gasteiger partial charge in [-0.3, -0.25) is 9.48 Å². The van der Waals surface area contributed by atoms with Crippen LogP contribution in [0.25, 0.3) is 0 Å². The van der Waals surface area contributed by atoms with E-state index in [4.69, 9.17) is 4.74 Å². The first-order valence-corrected chi connectivity index (χ1v) is 5.68. The van der Waals surface area contributed by atoms with E-state index in [0.29, 0.717) is 23.7 Å². The summed E-state index contributed by atoms with van der Waals surface area (Å²) in [6, 6.07) is 1.57. The molecule has 2 heterocycles. The molecule has 0 amide bonds. The Morgan fingerprint density at radius 2 is 2.33 bits per heavy atom. The molecule has 0 atom stereocenters. The molecule has 2 rings (SSSR count). The van der Waals surface area contributed by atoms with Crippen molar-refractivity contribution in [2.45, 2.75) is 19.9 Å². The number of carbonyl (C=O) groups excluding carboxylic acids is 1. The Morgan fingerprint density at radius 1 is 1.50 bits per heavy atom. The summed E-state index contributed by atoms with van der Waals surface area (Å²) in [7, 11) is 1.52. The number of hydrogen-bond acceptors (Lipinski definition) is 5. The molecule has 0 fully saturated rings. The van der Waals surface area contributed by atoms with Crippen molar-refractivity contribution in [2.75, 3.05) is 7.11 Å². The summed E-state index contributed by atoms with van der Waals surface area (Å²) in [5.74, 6) is 0.257. The predicted octanol–water partition coefficient (Wildman–Crippen LogP) is 1.32. The molecule has 0 bridgehead atoms. The number of ketones is 1. The zero-order chi connectivity index (χ0) is 13.0. The summed E-state index contributed by atoms with van der Waals surface area (Å²) in [4.78, 5) is 20.1. The van der Waals surface area contributed by atoms with E-state index in [1.54, 1.807) is 16.9 Å². The number of methoxy groups -OCH3 is 1. The molecule has 0 aliphatic carbocycles. The minimum absolute atomic E-state index is 0.208. The van der Waals surface area contributed by atoms with Gasteiger partial charge in [0, 0.05) is 12.7 Å². The zero-order valence-electron chi connectivity index (χ0n) is 10.3. The second-order valence-electron chi connectivity index (χ2n) is 3.71. The highest BCUT2D eigenvalue weighted by molar-refractivity contribution is 6.08. The molecule has 94 valence electrons. The van der Waals surface area contributed by atoms with Crippen LogP contribution in [-0.2, 0) is 6.54 Å². The third-order valence-electron chi connectivity index (χ3n) is 2.49. The van der Waals surface area contributed by atoms with Crippen molar-refractivity contribution >= 4 is 5.78 Å². The summed E-state index contributed by atoms with van der Waals surface area (Å²) < 4.78 is 6.81. The topological polar surface area (TPSA) is 69.9 Å². The SMILES string of the molecule is CCCn1ncc(OC)c1C(=O)c1ccncn1. The Morgan fingerprint density at radius 3 is 2.94 bits per heavy atom. The molecular formula is C12H14N4O2. The Labute approximate surface area is 105 Å². The Hall–Kier alpha value is -2.24. The number of nitrogens with zero attached hydrogens (tertiary/aromatic N) is 4. The summed E-state index contributed by atoms with van der Waals surface area (Å²) in [5, 5.41) is 4.15. The van der Waals surface area contributed by atoms with Crippen molar-refractivity contribution in [3.8, 4) is 5.75 Å². The van der Waals surface area contributed by atoms with Crippen LogP contribution in [0.5, 0.6) is 5.75 Å². The second kappa shape index (κ2) is 5.39. The predicted molar refractivity (Wildman–Crippen MR) is 64.5 cm³/mol. The minimum Gasteiger partial charge on any atom is -0.493 e. The lowest BCUT2D eigenvalue weighted by Gasteiger charge is -2.06. The Balaban J connectivity index is 2.43. The van der Waals surface area contributed by atoms with Crippen LogP contribution in [0.3, 0.4) is 0 Å². The molecule has 0 saturated heterocycles. The van der Waals surface area contributed by atoms with Crippen molar-refractivity contribution in [2.24, 2.45) is 0 Å². The first kappa shape index (κ1) is 12.2. The van der Waals surface area contributed by atoms with Gasteiger partial charge in [-0.05, 0) is 12.5 Å². The Kier molecular flexibility index (Phi) is 3.66. The fourth-order valence-electron chi connectivity index (χ4n) is 1.67. The third-order valence-corrected chi connectivity index (χ3v) is 2.49. The molecule has 0 aliphatic rings. The second-order valence-corrected chi connectivity index (χ2v) is 3.71. The van der Waals surface area contributed by atoms with Gasteiger partial charge in [0.25, 0.3) is 0 Å². The van der Waals surface area contributed by atoms with E-state index < -0.39 is 0 Å². The van der Waals surface area contributed by atoms with Gasteiger partial charge in [-0.1, -0.05) is 6.92 Å². The first-order valence-electron chi connectivity index (χ1n) is 5.68. The highest BCUT2D eigenvalue weighted by atomic mass is 16.5. The van der Waals surface area contributed by atoms with Crippen molar-refractivity contribution < 1.29 is 9.53 Å². The zero-order valence-corrected chi connectivity index (χ0v) is 10.3. The summed E-state index contributed by atoms with van der Waals surface area (Å²) in [5.41, 5.74) is 0.763. The number of aryl methyl sites for hydroxylation is 1. The van der Waals surface area contributed by atoms with Crippen molar-refractivity contribution in [1.29, 1.82) is 0 Å². The van der Waals surface area contributed by atoms with Gasteiger partial charge in [0.2, 0.25) is 5.78 Å². The third kappa shape index (κ3) is 2.22. The van der Waals surface area contributed by atoms with Crippen LogP contribution in [0.4, 0.5) is 0 Å². The Bertz CT molecular complexity index is 536. The van der Waals surface area contributed by atoms with E-state index in [2.05, 4.69) is 15.1 Å². The normalized spacial score (nSPS) is 10.3. The average Bonchev–Trinajstić information content (AvgIpc) is 2.82. The molecule has 0 saturated carbocycles. The van der Waals surface area contributed by atoms with Crippen LogP contribution in [0.2, 0.25) is 0 Å². The molecule has 2 aromatic rings. The van der Waals surface area contributed by atoms with Gasteiger partial charge in [-0.15, -0.1) is 0 Å². The molecule has 0 unspecified atom stereocenters. The smallest absolute Gasteiger partial charge is 0.233 e. The maximum Gasteiger partial charge on any atom is 0.233 e. The lowest BCUT2D eigenvalue weighted by molar-refractivity contribution is 0.102. The number of carbonyl (C=O) groups is 1. The van der Waals surface area contributed by atoms with E-state index in [1.807, 2.05) is 6.92 Å². The molecule has 0 N–H and O–H groups in total. The largest absolute Gasteiger partial charge is 0.493 e. The van der Waals surface area contributed by atoms with Gasteiger partial charge in [0.15, 0.2) is 11.4 Å². The highest BCUT2D eigenvalue weighted by Crippen LogP contribution is 2.20. The van der Waals surface area contributed by atoms with Gasteiger partial charge in [-0.25, -0.2) is 9.97 Å². The maximum absolute atomic E-state index is 12.4. The molecular weight excluding hydrogens is 232 g/mol. The van der Waals surface area contributed by atoms with E-state index in [1.165, 1.54) is 19.6 Å². The van der Waals surface area contributed by atoms with Crippen molar-refractivity contribution in [3.63, 3.8) is 0 Å². The van der Waals surface area contributed by atoms with Crippen LogP contribution in [0.1, 0.15) is 29.5 Å². The monoisotopic (exact) mass is 246 g/mol. The van der Waals surface area contributed by atoms with Crippen LogP contribution in [0, 0.1) is 0 Å². The number of aromatic nitrogens is 4. The van der Waals surface area contributed by atoms with E-state index in [0.717, 1.165) is 6.42 Å². The molecule has 0 aliphatic heterocycles. The highest BCUT2D eigenvalue weighted by Gasteiger charge is 2.21. The molecule has 6 nitrogen and oxygen atoms in total. The van der Waals surface area contributed by atoms with Gasteiger partial charge >= 0.3 is 0 Å². The average molecular weight is 246 g/mol. The van der Waals surface area contributed by atoms with Crippen LogP contribution < -0.4 is 4.74 Å². The molecule has 18 heavy (non-hydrogen) atoms. The standard InChI is InChI=1S/C12H14N4O2/c1-3-6-16-11(10(18-2)7-15-16)12(17)9-4-5-13-8-14-9/h4-5,7-8H,3,6H2,1-2H3. The fourth-order valence-corrected chi connectivity index (χ4v) is 1.67. The first-order chi connectivity index (χ1) is 8.77. The fraction of sp³-hybridized carbons (Fsp3) is 0.333. The lowest BCUT2D eigenvalue weighted by Crippen LogP contribution is -2.13. The molecule has 0 aromatic carbocycles. The van der Waals surface area contributed by atoms with Crippen molar-refractivity contribution in [3.05, 3.63) is 36.2 Å². The quantitative estimate of drug-likeness (QED) is 0.744. The van der Waals surface area contributed by atoms with E-state index in [-0.39, 0.29) is 5.78 Å². The number of hydrogen-bond donors (Lipinski definition) is 0. The minimum atomic E-state index is -0.208. The van der Waals surface area contributed by atoms with Crippen LogP contribution >= 0.6 is 0 Å². The summed E-state index contributed by atoms with van der Waals surface area (Å²) >= 11 is 0. The van der Waals surface area contributed by atoms with Gasteiger partial charge < -0.3 is 4.74 Å². The number of rotatable bonds is 5. The van der Waals surface area contributed by atoms with E-state index >= 15 is 0 Å². The molecule has 0 spiro atoms. The van der Waals surface area contributed by atoms with Crippen LogP contribution in [0.15, 0.2) is 24.8 Å². The molecule has 0 radical (unpaired) electrons. The summed E-state index contributed by atoms with van der Waals surface area (Å²) in [6.07, 6.45) is 5.31. The summed E-state index contributed by atoms with van der Waals surface area (Å²) in [6.45, 7) is 2.68. The van der Waals surface area contributed by atoms with Gasteiger partial charge in [0.05, 0.1) is 13.3 Å². The molecule has 6 heteroatoms. The lowest BCUT2D eigenvalue weighted by atomic mass is 10.2. The number of ether oxygens (including phenoxy) is 1. The van der Waals surface area contributed by atoms with Crippen molar-refractivity contribution in [1.82, 2.24) is 19.7 Å².